The van der Waals surface area contributed by atoms with Crippen LogP contribution in [0.1, 0.15) is 12.8 Å². The van der Waals surface area contributed by atoms with Crippen molar-refractivity contribution < 1.29 is 4.39 Å². The van der Waals surface area contributed by atoms with Crippen LogP contribution in [-0.4, -0.2) is 24.1 Å². The van der Waals surface area contributed by atoms with E-state index in [0.29, 0.717) is 5.69 Å². The first-order chi connectivity index (χ1) is 6.77. The maximum Gasteiger partial charge on any atom is 0.164 e. The average molecular weight is 195 g/mol. The van der Waals surface area contributed by atoms with Gasteiger partial charge in [0.2, 0.25) is 0 Å². The fourth-order valence-corrected chi connectivity index (χ4v) is 1.85. The summed E-state index contributed by atoms with van der Waals surface area (Å²) in [6.07, 6.45) is 4.92. The monoisotopic (exact) mass is 195 g/mol. The van der Waals surface area contributed by atoms with Crippen molar-refractivity contribution in [3.8, 4) is 0 Å². The molecule has 1 saturated heterocycles. The Bertz CT molecular complexity index is 316. The summed E-state index contributed by atoms with van der Waals surface area (Å²) in [5.41, 5.74) is 6.45. The van der Waals surface area contributed by atoms with Gasteiger partial charge in [-0.1, -0.05) is 0 Å². The van der Waals surface area contributed by atoms with Gasteiger partial charge in [0.15, 0.2) is 5.82 Å². The topological polar surface area (TPSA) is 42.1 Å². The van der Waals surface area contributed by atoms with Gasteiger partial charge in [-0.25, -0.2) is 4.39 Å². The van der Waals surface area contributed by atoms with Gasteiger partial charge in [0.25, 0.3) is 0 Å². The van der Waals surface area contributed by atoms with Crippen molar-refractivity contribution in [2.75, 3.05) is 18.0 Å². The molecule has 0 aromatic carbocycles. The Hall–Kier alpha value is -1.16. The van der Waals surface area contributed by atoms with Crippen LogP contribution in [0.5, 0.6) is 0 Å². The van der Waals surface area contributed by atoms with Crippen molar-refractivity contribution >= 4 is 5.69 Å². The molecule has 0 amide bonds. The van der Waals surface area contributed by atoms with Crippen molar-refractivity contribution in [1.29, 1.82) is 0 Å². The van der Waals surface area contributed by atoms with Crippen molar-refractivity contribution in [2.45, 2.75) is 18.9 Å². The number of nitrogens with zero attached hydrogens (tertiary/aromatic N) is 2. The number of piperidine rings is 1. The van der Waals surface area contributed by atoms with Crippen molar-refractivity contribution in [1.82, 2.24) is 4.98 Å². The van der Waals surface area contributed by atoms with Crippen LogP contribution in [0.4, 0.5) is 10.1 Å². The Balaban J connectivity index is 2.18. The normalized spacial score (nSPS) is 22.4. The molecular formula is C10H14FN3. The third-order valence-corrected chi connectivity index (χ3v) is 2.55. The van der Waals surface area contributed by atoms with Crippen LogP contribution >= 0.6 is 0 Å². The lowest BCUT2D eigenvalue weighted by Gasteiger charge is -2.32. The molecule has 1 aromatic rings. The van der Waals surface area contributed by atoms with Gasteiger partial charge >= 0.3 is 0 Å². The second kappa shape index (κ2) is 3.92. The van der Waals surface area contributed by atoms with Crippen LogP contribution in [0.25, 0.3) is 0 Å². The van der Waals surface area contributed by atoms with E-state index in [1.165, 1.54) is 6.20 Å². The minimum atomic E-state index is -0.262. The third-order valence-electron chi connectivity index (χ3n) is 2.55. The summed E-state index contributed by atoms with van der Waals surface area (Å²) >= 11 is 0. The first-order valence-corrected chi connectivity index (χ1v) is 4.87. The lowest BCUT2D eigenvalue weighted by atomic mass is 10.1. The average Bonchev–Trinajstić information content (AvgIpc) is 2.18. The molecule has 0 radical (unpaired) electrons. The first kappa shape index (κ1) is 9.40. The van der Waals surface area contributed by atoms with Crippen molar-refractivity contribution in [2.24, 2.45) is 5.73 Å². The lowest BCUT2D eigenvalue weighted by molar-refractivity contribution is 0.497. The summed E-state index contributed by atoms with van der Waals surface area (Å²) in [6.45, 7) is 1.62. The highest BCUT2D eigenvalue weighted by atomic mass is 19.1. The second-order valence-corrected chi connectivity index (χ2v) is 3.68. The van der Waals surface area contributed by atoms with E-state index >= 15 is 0 Å². The second-order valence-electron chi connectivity index (χ2n) is 3.68. The molecule has 1 aliphatic heterocycles. The molecule has 1 unspecified atom stereocenters. The predicted molar refractivity (Wildman–Crippen MR) is 53.6 cm³/mol. The molecule has 76 valence electrons. The van der Waals surface area contributed by atoms with Gasteiger partial charge in [-0.2, -0.15) is 0 Å². The molecule has 1 fully saturated rings. The van der Waals surface area contributed by atoms with Gasteiger partial charge in [-0.3, -0.25) is 4.98 Å². The van der Waals surface area contributed by atoms with Crippen LogP contribution < -0.4 is 10.6 Å². The van der Waals surface area contributed by atoms with E-state index in [9.17, 15) is 4.39 Å². The van der Waals surface area contributed by atoms with Gasteiger partial charge in [-0.15, -0.1) is 0 Å². The number of hydrogen-bond acceptors (Lipinski definition) is 3. The smallest absolute Gasteiger partial charge is 0.164 e. The SMILES string of the molecule is NC1CCCN(c2ccncc2F)C1. The van der Waals surface area contributed by atoms with Gasteiger partial charge < -0.3 is 10.6 Å². The fraction of sp³-hybridized carbons (Fsp3) is 0.500. The van der Waals surface area contributed by atoms with Crippen LogP contribution in [-0.2, 0) is 0 Å². The quantitative estimate of drug-likeness (QED) is 0.731. The molecule has 0 saturated carbocycles. The van der Waals surface area contributed by atoms with E-state index in [4.69, 9.17) is 5.73 Å². The number of rotatable bonds is 1. The maximum atomic E-state index is 13.4. The molecule has 0 spiro atoms. The molecule has 0 bridgehead atoms. The Labute approximate surface area is 82.7 Å². The molecular weight excluding hydrogens is 181 g/mol. The minimum Gasteiger partial charge on any atom is -0.368 e. The Morgan fingerprint density at radius 1 is 1.57 bits per heavy atom. The van der Waals surface area contributed by atoms with Crippen LogP contribution in [0.2, 0.25) is 0 Å². The molecule has 14 heavy (non-hydrogen) atoms. The molecule has 2 rings (SSSR count). The fourth-order valence-electron chi connectivity index (χ4n) is 1.85. The zero-order valence-corrected chi connectivity index (χ0v) is 7.99. The van der Waals surface area contributed by atoms with E-state index in [1.807, 2.05) is 4.90 Å². The minimum absolute atomic E-state index is 0.163. The highest BCUT2D eigenvalue weighted by Gasteiger charge is 2.18. The van der Waals surface area contributed by atoms with Gasteiger partial charge in [0.05, 0.1) is 11.9 Å². The summed E-state index contributed by atoms with van der Waals surface area (Å²) in [5, 5.41) is 0. The molecule has 2 heterocycles. The molecule has 1 aliphatic rings. The zero-order valence-electron chi connectivity index (χ0n) is 7.99. The Morgan fingerprint density at radius 3 is 3.14 bits per heavy atom. The highest BCUT2D eigenvalue weighted by molar-refractivity contribution is 5.46. The van der Waals surface area contributed by atoms with E-state index in [1.54, 1.807) is 12.3 Å². The maximum absolute atomic E-state index is 13.4. The molecule has 1 aromatic heterocycles. The largest absolute Gasteiger partial charge is 0.368 e. The number of hydrogen-bond donors (Lipinski definition) is 1. The predicted octanol–water partition coefficient (Wildman–Crippen LogP) is 1.15. The van der Waals surface area contributed by atoms with E-state index in [-0.39, 0.29) is 11.9 Å². The van der Waals surface area contributed by atoms with E-state index in [2.05, 4.69) is 4.98 Å². The summed E-state index contributed by atoms with van der Waals surface area (Å²) in [7, 11) is 0. The molecule has 0 aliphatic carbocycles. The summed E-state index contributed by atoms with van der Waals surface area (Å²) in [6, 6.07) is 1.87. The van der Waals surface area contributed by atoms with Crippen LogP contribution in [0.3, 0.4) is 0 Å². The Morgan fingerprint density at radius 2 is 2.43 bits per heavy atom. The molecule has 4 heteroatoms. The summed E-state index contributed by atoms with van der Waals surface area (Å²) < 4.78 is 13.4. The molecule has 3 nitrogen and oxygen atoms in total. The standard InChI is InChI=1S/C10H14FN3/c11-9-6-13-4-3-10(9)14-5-1-2-8(12)7-14/h3-4,6,8H,1-2,5,7,12H2. The van der Waals surface area contributed by atoms with Gasteiger partial charge in [0, 0.05) is 25.3 Å². The lowest BCUT2D eigenvalue weighted by Crippen LogP contribution is -2.43. The molecule has 1 atom stereocenters. The number of pyridine rings is 1. The first-order valence-electron chi connectivity index (χ1n) is 4.87. The molecule has 2 N–H and O–H groups in total. The summed E-state index contributed by atoms with van der Waals surface area (Å²) in [5.74, 6) is -0.262. The van der Waals surface area contributed by atoms with Crippen LogP contribution in [0, 0.1) is 5.82 Å². The number of halogens is 1. The van der Waals surface area contributed by atoms with Crippen molar-refractivity contribution in [3.63, 3.8) is 0 Å². The third kappa shape index (κ3) is 1.85. The van der Waals surface area contributed by atoms with Crippen molar-refractivity contribution in [3.05, 3.63) is 24.3 Å². The van der Waals surface area contributed by atoms with Gasteiger partial charge in [-0.05, 0) is 18.9 Å². The number of aromatic nitrogens is 1. The Kier molecular flexibility index (Phi) is 2.63. The van der Waals surface area contributed by atoms with Crippen LogP contribution in [0.15, 0.2) is 18.5 Å². The number of anilines is 1. The van der Waals surface area contributed by atoms with E-state index < -0.39 is 0 Å². The zero-order chi connectivity index (χ0) is 9.97. The highest BCUT2D eigenvalue weighted by Crippen LogP contribution is 2.21. The van der Waals surface area contributed by atoms with E-state index in [0.717, 1.165) is 25.9 Å². The number of nitrogens with two attached hydrogens (primary N) is 1. The summed E-state index contributed by atoms with van der Waals surface area (Å²) in [4.78, 5) is 5.72. The van der Waals surface area contributed by atoms with Gasteiger partial charge in [0.1, 0.15) is 0 Å².